The molecule has 0 aliphatic carbocycles. The molecule has 1 heterocycles. The monoisotopic (exact) mass is 241 g/mol. The molecule has 2 rings (SSSR count). The predicted molar refractivity (Wildman–Crippen MR) is 59.1 cm³/mol. The first-order valence-electron chi connectivity index (χ1n) is 4.96. The highest BCUT2D eigenvalue weighted by Crippen LogP contribution is 2.22. The van der Waals surface area contributed by atoms with E-state index in [4.69, 9.17) is 26.8 Å². The molecule has 1 aromatic rings. The lowest BCUT2D eigenvalue weighted by Crippen LogP contribution is -2.40. The fourth-order valence-electron chi connectivity index (χ4n) is 1.37. The van der Waals surface area contributed by atoms with Crippen LogP contribution < -0.4 is 5.73 Å². The van der Waals surface area contributed by atoms with Crippen LogP contribution in [0.1, 0.15) is 11.6 Å². The van der Waals surface area contributed by atoms with Crippen LogP contribution in [0.25, 0.3) is 0 Å². The Morgan fingerprint density at radius 3 is 2.75 bits per heavy atom. The van der Waals surface area contributed by atoms with Crippen LogP contribution in [0.3, 0.4) is 0 Å². The minimum atomic E-state index is -0.839. The minimum absolute atomic E-state index is 0.166. The van der Waals surface area contributed by atoms with Gasteiger partial charge in [-0.3, -0.25) is 0 Å². The standard InChI is InChI=1S/C11H12ClNO3/c12-9-4-2-1-3-8(9)10(13)11(14)16-7-5-15-6-7/h1-4,7,10H,5-6,13H2/t10-/m1/s1. The average molecular weight is 242 g/mol. The smallest absolute Gasteiger partial charge is 0.328 e. The third-order valence-corrected chi connectivity index (χ3v) is 2.73. The second-order valence-corrected chi connectivity index (χ2v) is 4.00. The predicted octanol–water partition coefficient (Wildman–Crippen LogP) is 1.28. The van der Waals surface area contributed by atoms with E-state index in [0.29, 0.717) is 23.8 Å². The summed E-state index contributed by atoms with van der Waals surface area (Å²) >= 11 is 5.94. The molecule has 1 atom stereocenters. The molecule has 4 nitrogen and oxygen atoms in total. The Bertz CT molecular complexity index is 393. The Hall–Kier alpha value is -1.10. The molecule has 1 saturated heterocycles. The van der Waals surface area contributed by atoms with Crippen LogP contribution in [0.4, 0.5) is 0 Å². The first kappa shape index (κ1) is 11.4. The number of rotatable bonds is 3. The van der Waals surface area contributed by atoms with Gasteiger partial charge < -0.3 is 15.2 Å². The van der Waals surface area contributed by atoms with E-state index in [2.05, 4.69) is 0 Å². The van der Waals surface area contributed by atoms with Gasteiger partial charge in [0.1, 0.15) is 12.1 Å². The van der Waals surface area contributed by atoms with Crippen molar-refractivity contribution in [1.82, 2.24) is 0 Å². The van der Waals surface area contributed by atoms with E-state index in [0.717, 1.165) is 0 Å². The van der Waals surface area contributed by atoms with Crippen molar-refractivity contribution < 1.29 is 14.3 Å². The van der Waals surface area contributed by atoms with Crippen molar-refractivity contribution in [3.63, 3.8) is 0 Å². The number of ether oxygens (including phenoxy) is 2. The maximum Gasteiger partial charge on any atom is 0.328 e. The first-order chi connectivity index (χ1) is 7.68. The molecule has 0 bridgehead atoms. The second kappa shape index (κ2) is 4.82. The Morgan fingerprint density at radius 2 is 2.19 bits per heavy atom. The molecular weight excluding hydrogens is 230 g/mol. The molecule has 0 spiro atoms. The number of hydrogen-bond acceptors (Lipinski definition) is 4. The number of carbonyl (C=O) groups excluding carboxylic acids is 1. The molecule has 16 heavy (non-hydrogen) atoms. The molecule has 0 saturated carbocycles. The summed E-state index contributed by atoms with van der Waals surface area (Å²) in [4.78, 5) is 11.6. The summed E-state index contributed by atoms with van der Waals surface area (Å²) in [5.41, 5.74) is 6.34. The fraction of sp³-hybridized carbons (Fsp3) is 0.364. The van der Waals surface area contributed by atoms with Gasteiger partial charge in [0.05, 0.1) is 13.2 Å². The van der Waals surface area contributed by atoms with Crippen molar-refractivity contribution >= 4 is 17.6 Å². The Balaban J connectivity index is 2.03. The van der Waals surface area contributed by atoms with Crippen molar-refractivity contribution in [3.05, 3.63) is 34.9 Å². The van der Waals surface area contributed by atoms with Gasteiger partial charge in [0.25, 0.3) is 0 Å². The van der Waals surface area contributed by atoms with Crippen molar-refractivity contribution in [2.45, 2.75) is 12.1 Å². The van der Waals surface area contributed by atoms with Gasteiger partial charge >= 0.3 is 5.97 Å². The summed E-state index contributed by atoms with van der Waals surface area (Å²) in [6, 6.07) is 6.13. The van der Waals surface area contributed by atoms with Gasteiger partial charge in [-0.1, -0.05) is 29.8 Å². The lowest BCUT2D eigenvalue weighted by molar-refractivity contribution is -0.173. The number of carbonyl (C=O) groups is 1. The van der Waals surface area contributed by atoms with E-state index in [-0.39, 0.29) is 6.10 Å². The third kappa shape index (κ3) is 2.35. The zero-order valence-corrected chi connectivity index (χ0v) is 9.31. The summed E-state index contributed by atoms with van der Waals surface area (Å²) in [7, 11) is 0. The molecular formula is C11H12ClNO3. The summed E-state index contributed by atoms with van der Waals surface area (Å²) in [5.74, 6) is -0.471. The van der Waals surface area contributed by atoms with Crippen LogP contribution in [0.2, 0.25) is 5.02 Å². The Kier molecular flexibility index (Phi) is 3.43. The molecule has 0 aromatic heterocycles. The van der Waals surface area contributed by atoms with Gasteiger partial charge in [-0.2, -0.15) is 0 Å². The first-order valence-corrected chi connectivity index (χ1v) is 5.34. The van der Waals surface area contributed by atoms with E-state index >= 15 is 0 Å². The molecule has 1 fully saturated rings. The van der Waals surface area contributed by atoms with Crippen LogP contribution in [-0.2, 0) is 14.3 Å². The normalized spacial score (nSPS) is 17.6. The van der Waals surface area contributed by atoms with Crippen molar-refractivity contribution in [3.8, 4) is 0 Å². The van der Waals surface area contributed by atoms with E-state index in [1.54, 1.807) is 24.3 Å². The molecule has 0 radical (unpaired) electrons. The quantitative estimate of drug-likeness (QED) is 0.810. The molecule has 1 aliphatic heterocycles. The maximum absolute atomic E-state index is 11.6. The maximum atomic E-state index is 11.6. The number of nitrogens with two attached hydrogens (primary N) is 1. The largest absolute Gasteiger partial charge is 0.456 e. The number of halogens is 1. The van der Waals surface area contributed by atoms with Crippen LogP contribution in [-0.4, -0.2) is 25.3 Å². The molecule has 86 valence electrons. The highest BCUT2D eigenvalue weighted by Gasteiger charge is 2.27. The van der Waals surface area contributed by atoms with Gasteiger partial charge in [0.2, 0.25) is 0 Å². The van der Waals surface area contributed by atoms with Gasteiger partial charge in [-0.15, -0.1) is 0 Å². The van der Waals surface area contributed by atoms with E-state index in [9.17, 15) is 4.79 Å². The molecule has 0 amide bonds. The van der Waals surface area contributed by atoms with Crippen LogP contribution in [0.5, 0.6) is 0 Å². The topological polar surface area (TPSA) is 61.6 Å². The highest BCUT2D eigenvalue weighted by atomic mass is 35.5. The zero-order chi connectivity index (χ0) is 11.5. The SMILES string of the molecule is N[C@@H](C(=O)OC1COC1)c1ccccc1Cl. The Labute approximate surface area is 98.3 Å². The molecule has 0 unspecified atom stereocenters. The van der Waals surface area contributed by atoms with Gasteiger partial charge in [-0.25, -0.2) is 4.79 Å². The number of hydrogen-bond donors (Lipinski definition) is 1. The highest BCUT2D eigenvalue weighted by molar-refractivity contribution is 6.31. The molecule has 5 heteroatoms. The van der Waals surface area contributed by atoms with Crippen LogP contribution in [0.15, 0.2) is 24.3 Å². The van der Waals surface area contributed by atoms with Crippen LogP contribution >= 0.6 is 11.6 Å². The number of esters is 1. The zero-order valence-electron chi connectivity index (χ0n) is 8.56. The van der Waals surface area contributed by atoms with Crippen molar-refractivity contribution in [2.75, 3.05) is 13.2 Å². The van der Waals surface area contributed by atoms with Crippen molar-refractivity contribution in [1.29, 1.82) is 0 Å². The van der Waals surface area contributed by atoms with Crippen molar-refractivity contribution in [2.24, 2.45) is 5.73 Å². The summed E-state index contributed by atoms with van der Waals surface area (Å²) in [6.07, 6.45) is -0.166. The van der Waals surface area contributed by atoms with Crippen LogP contribution in [0, 0.1) is 0 Å². The average Bonchev–Trinajstić information content (AvgIpc) is 2.23. The second-order valence-electron chi connectivity index (χ2n) is 3.60. The summed E-state index contributed by atoms with van der Waals surface area (Å²) < 4.78 is 10.0. The molecule has 1 aliphatic rings. The van der Waals surface area contributed by atoms with E-state index in [1.165, 1.54) is 0 Å². The molecule has 2 N–H and O–H groups in total. The Morgan fingerprint density at radius 1 is 1.50 bits per heavy atom. The van der Waals surface area contributed by atoms with Gasteiger partial charge in [0, 0.05) is 5.02 Å². The molecule has 1 aromatic carbocycles. The minimum Gasteiger partial charge on any atom is -0.456 e. The number of benzene rings is 1. The lowest BCUT2D eigenvalue weighted by Gasteiger charge is -2.27. The lowest BCUT2D eigenvalue weighted by atomic mass is 10.1. The summed E-state index contributed by atoms with van der Waals surface area (Å²) in [6.45, 7) is 0.891. The third-order valence-electron chi connectivity index (χ3n) is 2.38. The fourth-order valence-corrected chi connectivity index (χ4v) is 1.63. The van der Waals surface area contributed by atoms with E-state index in [1.807, 2.05) is 0 Å². The van der Waals surface area contributed by atoms with Gasteiger partial charge in [-0.05, 0) is 11.6 Å². The van der Waals surface area contributed by atoms with E-state index < -0.39 is 12.0 Å². The van der Waals surface area contributed by atoms with Gasteiger partial charge in [0.15, 0.2) is 0 Å². The summed E-state index contributed by atoms with van der Waals surface area (Å²) in [5, 5.41) is 0.469.